The largest absolute Gasteiger partial charge is 0.371 e. The molecule has 9 heteroatoms. The highest BCUT2D eigenvalue weighted by Gasteiger charge is 2.41. The number of piperidine rings is 1. The van der Waals surface area contributed by atoms with Crippen molar-refractivity contribution in [2.45, 2.75) is 30.4 Å². The van der Waals surface area contributed by atoms with Gasteiger partial charge >= 0.3 is 0 Å². The number of nitrogens with zero attached hydrogens (tertiary/aromatic N) is 1. The zero-order valence-electron chi connectivity index (χ0n) is 18.1. The predicted octanol–water partition coefficient (Wildman–Crippen LogP) is 3.47. The lowest BCUT2D eigenvalue weighted by atomic mass is 10.0. The second-order valence-corrected chi connectivity index (χ2v) is 9.52. The fraction of sp³-hybridized carbons (Fsp3) is 0.417. The van der Waals surface area contributed by atoms with Crippen molar-refractivity contribution in [3.05, 3.63) is 59.4 Å². The van der Waals surface area contributed by atoms with E-state index in [-0.39, 0.29) is 23.7 Å². The Morgan fingerprint density at radius 3 is 2.55 bits per heavy atom. The lowest BCUT2D eigenvalue weighted by molar-refractivity contribution is -0.181. The van der Waals surface area contributed by atoms with Crippen LogP contribution in [-0.4, -0.2) is 60.6 Å². The first kappa shape index (κ1) is 22.2. The summed E-state index contributed by atoms with van der Waals surface area (Å²) in [6.45, 7) is 2.37. The van der Waals surface area contributed by atoms with Gasteiger partial charge in [-0.15, -0.1) is 0 Å². The molecule has 33 heavy (non-hydrogen) atoms. The maximum atomic E-state index is 13.0. The van der Waals surface area contributed by atoms with E-state index in [9.17, 15) is 14.0 Å². The van der Waals surface area contributed by atoms with Crippen LogP contribution >= 0.6 is 11.8 Å². The third kappa shape index (κ3) is 4.85. The molecule has 3 aliphatic rings. The summed E-state index contributed by atoms with van der Waals surface area (Å²) in [5.41, 5.74) is 2.96. The number of anilines is 2. The molecular formula is C24H26FN3O4S. The van der Waals surface area contributed by atoms with E-state index in [2.05, 4.69) is 10.6 Å². The number of benzene rings is 2. The Labute approximate surface area is 196 Å². The number of halogens is 1. The summed E-state index contributed by atoms with van der Waals surface area (Å²) in [5, 5.41) is 6.20. The number of thioether (sulfide) groups is 1. The summed E-state index contributed by atoms with van der Waals surface area (Å²) in [7, 11) is 0. The van der Waals surface area contributed by atoms with E-state index < -0.39 is 5.79 Å². The fourth-order valence-electron chi connectivity index (χ4n) is 4.39. The summed E-state index contributed by atoms with van der Waals surface area (Å²) in [4.78, 5) is 27.4. The summed E-state index contributed by atoms with van der Waals surface area (Å²) < 4.78 is 24.5. The van der Waals surface area contributed by atoms with E-state index >= 15 is 0 Å². The van der Waals surface area contributed by atoms with Crippen molar-refractivity contribution < 1.29 is 23.5 Å². The van der Waals surface area contributed by atoms with Crippen LogP contribution < -0.4 is 10.6 Å². The van der Waals surface area contributed by atoms with E-state index in [0.717, 1.165) is 11.3 Å². The van der Waals surface area contributed by atoms with Gasteiger partial charge in [0.05, 0.1) is 24.6 Å². The molecule has 1 unspecified atom stereocenters. The fourth-order valence-corrected chi connectivity index (χ4v) is 5.41. The van der Waals surface area contributed by atoms with Crippen LogP contribution in [0.1, 0.15) is 28.8 Å². The van der Waals surface area contributed by atoms with Gasteiger partial charge in [-0.2, -0.15) is 11.8 Å². The molecule has 0 aromatic heterocycles. The smallest absolute Gasteiger partial charge is 0.253 e. The third-order valence-corrected chi connectivity index (χ3v) is 7.37. The average Bonchev–Trinajstić information content (AvgIpc) is 3.28. The molecule has 2 amide bonds. The van der Waals surface area contributed by atoms with E-state index in [0.29, 0.717) is 61.9 Å². The van der Waals surface area contributed by atoms with Crippen LogP contribution in [0.2, 0.25) is 0 Å². The maximum Gasteiger partial charge on any atom is 0.253 e. The third-order valence-electron chi connectivity index (χ3n) is 6.26. The number of fused-ring (bicyclic) bond motifs is 1. The van der Waals surface area contributed by atoms with Crippen LogP contribution in [0.4, 0.5) is 15.8 Å². The Hall–Kier alpha value is -2.62. The van der Waals surface area contributed by atoms with Crippen molar-refractivity contribution in [3.63, 3.8) is 0 Å². The zero-order chi connectivity index (χ0) is 22.8. The SMILES string of the molecule is O=C1Nc2cc(C(=O)N3CCC4(CC3)OCCO4)ccc2NC1CSCc1ccc(F)cc1. The highest BCUT2D eigenvalue weighted by atomic mass is 32.2. The molecule has 1 spiro atoms. The van der Waals surface area contributed by atoms with Gasteiger partial charge in [-0.3, -0.25) is 9.59 Å². The molecule has 3 aliphatic heterocycles. The Bertz CT molecular complexity index is 1030. The predicted molar refractivity (Wildman–Crippen MR) is 125 cm³/mol. The van der Waals surface area contributed by atoms with Gasteiger partial charge in [-0.25, -0.2) is 4.39 Å². The molecule has 2 aromatic rings. The monoisotopic (exact) mass is 471 g/mol. The molecule has 2 saturated heterocycles. The number of carbonyl (C=O) groups is 2. The summed E-state index contributed by atoms with van der Waals surface area (Å²) in [6.07, 6.45) is 1.33. The van der Waals surface area contributed by atoms with Crippen LogP contribution in [0.5, 0.6) is 0 Å². The maximum absolute atomic E-state index is 13.0. The number of hydrogen-bond acceptors (Lipinski definition) is 6. The number of rotatable bonds is 5. The number of hydrogen-bond donors (Lipinski definition) is 2. The van der Waals surface area contributed by atoms with E-state index in [1.165, 1.54) is 12.1 Å². The number of nitrogens with one attached hydrogen (secondary N) is 2. The number of likely N-dealkylation sites (tertiary alicyclic amines) is 1. The minimum Gasteiger partial charge on any atom is -0.371 e. The first-order valence-electron chi connectivity index (χ1n) is 11.1. The van der Waals surface area contributed by atoms with Crippen LogP contribution in [0.25, 0.3) is 0 Å². The van der Waals surface area contributed by atoms with Gasteiger partial charge in [0.1, 0.15) is 11.9 Å². The molecule has 2 N–H and O–H groups in total. The van der Waals surface area contributed by atoms with E-state index in [4.69, 9.17) is 9.47 Å². The second-order valence-electron chi connectivity index (χ2n) is 8.49. The molecule has 2 fully saturated rings. The van der Waals surface area contributed by atoms with Crippen LogP contribution in [-0.2, 0) is 20.0 Å². The molecule has 0 aliphatic carbocycles. The molecule has 7 nitrogen and oxygen atoms in total. The number of carbonyl (C=O) groups excluding carboxylic acids is 2. The average molecular weight is 472 g/mol. The van der Waals surface area contributed by atoms with E-state index in [1.54, 1.807) is 36.0 Å². The normalized spacial score (nSPS) is 21.4. The molecule has 0 bridgehead atoms. The number of ether oxygens (including phenoxy) is 2. The first-order chi connectivity index (χ1) is 16.0. The topological polar surface area (TPSA) is 79.9 Å². The van der Waals surface area contributed by atoms with Gasteiger partial charge in [0.25, 0.3) is 5.91 Å². The Morgan fingerprint density at radius 1 is 1.09 bits per heavy atom. The molecule has 174 valence electrons. The Kier molecular flexibility index (Phi) is 6.27. The quantitative estimate of drug-likeness (QED) is 0.695. The second kappa shape index (κ2) is 9.32. The number of amides is 2. The lowest BCUT2D eigenvalue weighted by Gasteiger charge is -2.37. The molecule has 5 rings (SSSR count). The Morgan fingerprint density at radius 2 is 1.82 bits per heavy atom. The first-order valence-corrected chi connectivity index (χ1v) is 12.3. The molecule has 0 radical (unpaired) electrons. The summed E-state index contributed by atoms with van der Waals surface area (Å²) >= 11 is 1.60. The van der Waals surface area contributed by atoms with Crippen LogP contribution in [0, 0.1) is 5.82 Å². The van der Waals surface area contributed by atoms with Crippen molar-refractivity contribution in [1.29, 1.82) is 0 Å². The van der Waals surface area contributed by atoms with Gasteiger partial charge in [-0.1, -0.05) is 12.1 Å². The standard InChI is InChI=1S/C24H26FN3O4S/c25-18-4-1-16(2-5-18)14-33-15-21-22(29)27-20-13-17(3-6-19(20)26-21)23(30)28-9-7-24(8-10-28)31-11-12-32-24/h1-6,13,21,26H,7-12,14-15H2,(H,27,29). The van der Waals surface area contributed by atoms with Crippen molar-refractivity contribution >= 4 is 35.0 Å². The molecular weight excluding hydrogens is 445 g/mol. The van der Waals surface area contributed by atoms with Crippen molar-refractivity contribution in [3.8, 4) is 0 Å². The minimum absolute atomic E-state index is 0.0585. The molecule has 1 atom stereocenters. The lowest BCUT2D eigenvalue weighted by Crippen LogP contribution is -2.47. The van der Waals surface area contributed by atoms with Crippen LogP contribution in [0.15, 0.2) is 42.5 Å². The highest BCUT2D eigenvalue weighted by Crippen LogP contribution is 2.33. The Balaban J connectivity index is 1.17. The van der Waals surface area contributed by atoms with Gasteiger partial charge in [0.2, 0.25) is 5.91 Å². The van der Waals surface area contributed by atoms with E-state index in [1.807, 2.05) is 11.0 Å². The van der Waals surface area contributed by atoms with Gasteiger partial charge < -0.3 is 25.0 Å². The molecule has 0 saturated carbocycles. The van der Waals surface area contributed by atoms with Crippen LogP contribution in [0.3, 0.4) is 0 Å². The van der Waals surface area contributed by atoms with Crippen molar-refractivity contribution in [1.82, 2.24) is 4.90 Å². The highest BCUT2D eigenvalue weighted by molar-refractivity contribution is 7.98. The van der Waals surface area contributed by atoms with Gasteiger partial charge in [-0.05, 0) is 35.9 Å². The zero-order valence-corrected chi connectivity index (χ0v) is 19.0. The van der Waals surface area contributed by atoms with Gasteiger partial charge in [0.15, 0.2) is 5.79 Å². The molecule has 3 heterocycles. The van der Waals surface area contributed by atoms with Crippen molar-refractivity contribution in [2.24, 2.45) is 0 Å². The minimum atomic E-state index is -0.520. The summed E-state index contributed by atoms with van der Waals surface area (Å²) in [5.74, 6) is 0.301. The molecule has 2 aromatic carbocycles. The van der Waals surface area contributed by atoms with Crippen molar-refractivity contribution in [2.75, 3.05) is 42.7 Å². The summed E-state index contributed by atoms with van der Waals surface area (Å²) in [6, 6.07) is 11.4. The van der Waals surface area contributed by atoms with Gasteiger partial charge in [0, 0.05) is 43.0 Å².